The number of sulfone groups is 1. The highest BCUT2D eigenvalue weighted by Crippen LogP contribution is 2.47. The lowest BCUT2D eigenvalue weighted by atomic mass is 9.79. The van der Waals surface area contributed by atoms with Crippen molar-refractivity contribution < 1.29 is 27.3 Å². The van der Waals surface area contributed by atoms with Crippen LogP contribution in [0.1, 0.15) is 60.3 Å². The molecule has 0 radical (unpaired) electrons. The number of piperidine rings is 1. The van der Waals surface area contributed by atoms with Crippen LogP contribution in [0.4, 0.5) is 0 Å². The summed E-state index contributed by atoms with van der Waals surface area (Å²) < 4.78 is 43.1. The van der Waals surface area contributed by atoms with Gasteiger partial charge >= 0.3 is 7.12 Å². The fourth-order valence-electron chi connectivity index (χ4n) is 4.29. The van der Waals surface area contributed by atoms with Crippen molar-refractivity contribution in [1.82, 2.24) is 4.90 Å². The molecule has 0 bridgehead atoms. The highest BCUT2D eigenvalue weighted by Gasteiger charge is 2.51. The van der Waals surface area contributed by atoms with E-state index in [1.165, 1.54) is 0 Å². The molecular formula is C24H36BNO6S. The molecule has 1 aromatic carbocycles. The minimum Gasteiger partial charge on any atom is -0.399 e. The molecule has 182 valence electrons. The van der Waals surface area contributed by atoms with E-state index in [-0.39, 0.29) is 28.1 Å². The second kappa shape index (κ2) is 8.66. The Morgan fingerprint density at radius 3 is 2.09 bits per heavy atom. The van der Waals surface area contributed by atoms with E-state index < -0.39 is 28.2 Å². The van der Waals surface area contributed by atoms with Crippen molar-refractivity contribution in [3.63, 3.8) is 0 Å². The first-order chi connectivity index (χ1) is 15.3. The standard InChI is InChI=1S/C24H36BNO6S/c1-22(2)23(3,4)32-25(31-22)19-6-8-20(9-7-19)33(28,29)17-30-16-18-10-14-26(15-11-18)21(27)24(5)12-13-24/h6-9,18H,10-17H2,1-5H3. The predicted octanol–water partition coefficient (Wildman–Crippen LogP) is 2.77. The molecule has 7 nitrogen and oxygen atoms in total. The highest BCUT2D eigenvalue weighted by molar-refractivity contribution is 7.91. The number of carbonyl (C=O) groups is 1. The topological polar surface area (TPSA) is 82.1 Å². The van der Waals surface area contributed by atoms with Crippen molar-refractivity contribution in [2.24, 2.45) is 11.3 Å². The minimum absolute atomic E-state index is 0.130. The Hall–Kier alpha value is -1.42. The fourth-order valence-corrected chi connectivity index (χ4v) is 5.29. The van der Waals surface area contributed by atoms with E-state index >= 15 is 0 Å². The van der Waals surface area contributed by atoms with Gasteiger partial charge in [0.2, 0.25) is 15.7 Å². The van der Waals surface area contributed by atoms with Gasteiger partial charge in [0.1, 0.15) is 0 Å². The monoisotopic (exact) mass is 477 g/mol. The van der Waals surface area contributed by atoms with Gasteiger partial charge in [-0.15, -0.1) is 0 Å². The summed E-state index contributed by atoms with van der Waals surface area (Å²) in [6, 6.07) is 6.65. The Morgan fingerprint density at radius 2 is 1.58 bits per heavy atom. The maximum Gasteiger partial charge on any atom is 0.494 e. The molecule has 0 N–H and O–H groups in total. The van der Waals surface area contributed by atoms with Gasteiger partial charge in [0, 0.05) is 18.5 Å². The van der Waals surface area contributed by atoms with Gasteiger partial charge in [-0.25, -0.2) is 8.42 Å². The van der Waals surface area contributed by atoms with E-state index in [0.29, 0.717) is 6.61 Å². The van der Waals surface area contributed by atoms with Gasteiger partial charge in [-0.3, -0.25) is 4.79 Å². The van der Waals surface area contributed by atoms with Crippen LogP contribution in [0.25, 0.3) is 0 Å². The predicted molar refractivity (Wildman–Crippen MR) is 127 cm³/mol. The van der Waals surface area contributed by atoms with Crippen molar-refractivity contribution in [3.8, 4) is 0 Å². The molecule has 3 fully saturated rings. The molecule has 1 saturated carbocycles. The smallest absolute Gasteiger partial charge is 0.399 e. The summed E-state index contributed by atoms with van der Waals surface area (Å²) in [6.45, 7) is 11.8. The SMILES string of the molecule is CC1(C(=O)N2CCC(COCS(=O)(=O)c3ccc(B4OC(C)(C)C(C)(C)O4)cc3)CC2)CC1. The van der Waals surface area contributed by atoms with E-state index in [1.54, 1.807) is 24.3 Å². The van der Waals surface area contributed by atoms with Crippen LogP contribution in [0.15, 0.2) is 29.2 Å². The number of nitrogens with zero attached hydrogens (tertiary/aromatic N) is 1. The van der Waals surface area contributed by atoms with Crippen LogP contribution >= 0.6 is 0 Å². The lowest BCUT2D eigenvalue weighted by Crippen LogP contribution is -2.42. The zero-order valence-corrected chi connectivity index (χ0v) is 21.2. The number of ether oxygens (including phenoxy) is 1. The molecule has 0 atom stereocenters. The van der Waals surface area contributed by atoms with Gasteiger partial charge < -0.3 is 18.9 Å². The van der Waals surface area contributed by atoms with Crippen LogP contribution in [0, 0.1) is 11.3 Å². The van der Waals surface area contributed by atoms with E-state index in [1.807, 2.05) is 39.5 Å². The first-order valence-electron chi connectivity index (χ1n) is 11.9. The van der Waals surface area contributed by atoms with Gasteiger partial charge in [-0.1, -0.05) is 19.1 Å². The Labute approximate surface area is 198 Å². The minimum atomic E-state index is -3.55. The van der Waals surface area contributed by atoms with Crippen molar-refractivity contribution >= 4 is 28.3 Å². The molecule has 33 heavy (non-hydrogen) atoms. The molecule has 1 aromatic rings. The maximum atomic E-state index is 12.7. The zero-order chi connectivity index (χ0) is 24.1. The number of hydrogen-bond acceptors (Lipinski definition) is 6. The number of hydrogen-bond donors (Lipinski definition) is 0. The van der Waals surface area contributed by atoms with Gasteiger partial charge in [0.05, 0.1) is 22.7 Å². The number of likely N-dealkylation sites (tertiary alicyclic amines) is 1. The summed E-state index contributed by atoms with van der Waals surface area (Å²) in [7, 11) is -4.08. The van der Waals surface area contributed by atoms with Crippen LogP contribution in [0.5, 0.6) is 0 Å². The quantitative estimate of drug-likeness (QED) is 0.562. The third-order valence-electron chi connectivity index (χ3n) is 7.77. The van der Waals surface area contributed by atoms with Crippen LogP contribution in [0.3, 0.4) is 0 Å². The van der Waals surface area contributed by atoms with Crippen molar-refractivity contribution in [3.05, 3.63) is 24.3 Å². The molecule has 0 unspecified atom stereocenters. The molecule has 9 heteroatoms. The van der Waals surface area contributed by atoms with Crippen molar-refractivity contribution in [2.45, 2.75) is 76.4 Å². The highest BCUT2D eigenvalue weighted by atomic mass is 32.2. The van der Waals surface area contributed by atoms with Crippen molar-refractivity contribution in [2.75, 3.05) is 25.6 Å². The Bertz CT molecular complexity index is 963. The first kappa shape index (κ1) is 24.7. The number of carbonyl (C=O) groups excluding carboxylic acids is 1. The van der Waals surface area contributed by atoms with Gasteiger partial charge in [-0.2, -0.15) is 0 Å². The third-order valence-corrected chi connectivity index (χ3v) is 9.24. The number of benzene rings is 1. The third kappa shape index (κ3) is 5.16. The summed E-state index contributed by atoms with van der Waals surface area (Å²) in [5.74, 6) is 0.204. The van der Waals surface area contributed by atoms with Crippen LogP contribution in [-0.4, -0.2) is 63.2 Å². The van der Waals surface area contributed by atoms with Gasteiger partial charge in [0.25, 0.3) is 0 Å². The fraction of sp³-hybridized carbons (Fsp3) is 0.708. The lowest BCUT2D eigenvalue weighted by Gasteiger charge is -2.33. The summed E-state index contributed by atoms with van der Waals surface area (Å²) in [5, 5.41) is 0. The Morgan fingerprint density at radius 1 is 1.03 bits per heavy atom. The van der Waals surface area contributed by atoms with Crippen LogP contribution in [0.2, 0.25) is 0 Å². The van der Waals surface area contributed by atoms with Gasteiger partial charge in [-0.05, 0) is 76.9 Å². The number of rotatable bonds is 7. The Kier molecular flexibility index (Phi) is 6.49. The molecule has 4 rings (SSSR count). The normalized spacial score (nSPS) is 24.2. The summed E-state index contributed by atoms with van der Waals surface area (Å²) in [5.41, 5.74) is -0.240. The first-order valence-corrected chi connectivity index (χ1v) is 13.5. The van der Waals surface area contributed by atoms with Gasteiger partial charge in [0.15, 0.2) is 5.94 Å². The molecule has 2 aliphatic heterocycles. The maximum absolute atomic E-state index is 12.7. The van der Waals surface area contributed by atoms with Crippen LogP contribution in [-0.2, 0) is 28.7 Å². The van der Waals surface area contributed by atoms with E-state index in [4.69, 9.17) is 14.0 Å². The molecular weight excluding hydrogens is 441 g/mol. The van der Waals surface area contributed by atoms with E-state index in [2.05, 4.69) is 0 Å². The van der Waals surface area contributed by atoms with E-state index in [0.717, 1.165) is 44.2 Å². The summed E-state index contributed by atoms with van der Waals surface area (Å²) >= 11 is 0. The lowest BCUT2D eigenvalue weighted by molar-refractivity contribution is -0.138. The molecule has 1 amide bonds. The average Bonchev–Trinajstić information content (AvgIpc) is 3.46. The molecule has 0 spiro atoms. The Balaban J connectivity index is 1.25. The largest absolute Gasteiger partial charge is 0.494 e. The van der Waals surface area contributed by atoms with Crippen molar-refractivity contribution in [1.29, 1.82) is 0 Å². The van der Waals surface area contributed by atoms with E-state index in [9.17, 15) is 13.2 Å². The average molecular weight is 477 g/mol. The molecule has 2 heterocycles. The summed E-state index contributed by atoms with van der Waals surface area (Å²) in [6.07, 6.45) is 3.68. The second-order valence-electron chi connectivity index (χ2n) is 11.1. The zero-order valence-electron chi connectivity index (χ0n) is 20.4. The molecule has 1 aliphatic carbocycles. The molecule has 0 aromatic heterocycles. The summed E-state index contributed by atoms with van der Waals surface area (Å²) in [4.78, 5) is 14.6. The number of amides is 1. The second-order valence-corrected chi connectivity index (χ2v) is 13.0. The molecule has 3 aliphatic rings. The molecule has 2 saturated heterocycles. The van der Waals surface area contributed by atoms with Crippen LogP contribution < -0.4 is 5.46 Å².